The van der Waals surface area contributed by atoms with Gasteiger partial charge in [-0.15, -0.1) is 0 Å². The number of hydrogen-bond acceptors (Lipinski definition) is 5. The molecule has 0 saturated carbocycles. The van der Waals surface area contributed by atoms with Crippen LogP contribution in [0.2, 0.25) is 5.02 Å². The predicted octanol–water partition coefficient (Wildman–Crippen LogP) is 3.42. The third kappa shape index (κ3) is 3.77. The van der Waals surface area contributed by atoms with Gasteiger partial charge in [-0.3, -0.25) is 5.32 Å². The number of nitrogens with one attached hydrogen (secondary N) is 2. The number of hydrogen-bond donors (Lipinski definition) is 2. The minimum absolute atomic E-state index is 0.00110. The summed E-state index contributed by atoms with van der Waals surface area (Å²) in [5.74, 6) is 0. The maximum absolute atomic E-state index is 14.0. The SMILES string of the molecule is O=C1Nc2ccc(Cl)cc2C(CCNS(=O)(=O)c2ccccn2)(C(F)(F)F)O1. The molecule has 1 unspecified atom stereocenters. The molecule has 0 aliphatic carbocycles. The Kier molecular flexibility index (Phi) is 5.26. The first kappa shape index (κ1) is 20.4. The zero-order valence-corrected chi connectivity index (χ0v) is 15.5. The number of carbonyl (C=O) groups is 1. The van der Waals surface area contributed by atoms with Gasteiger partial charge in [-0.25, -0.2) is 22.9 Å². The molecule has 7 nitrogen and oxygen atoms in total. The summed E-state index contributed by atoms with van der Waals surface area (Å²) in [5, 5.41) is 1.83. The van der Waals surface area contributed by atoms with Gasteiger partial charge in [0.2, 0.25) is 5.60 Å². The van der Waals surface area contributed by atoms with Crippen molar-refractivity contribution in [2.75, 3.05) is 11.9 Å². The molecule has 12 heteroatoms. The molecule has 1 aromatic carbocycles. The van der Waals surface area contributed by atoms with Gasteiger partial charge in [-0.1, -0.05) is 17.7 Å². The van der Waals surface area contributed by atoms with Crippen LogP contribution in [0, 0.1) is 0 Å². The highest BCUT2D eigenvalue weighted by Crippen LogP contribution is 2.50. The van der Waals surface area contributed by atoms with E-state index in [0.717, 1.165) is 6.07 Å². The highest BCUT2D eigenvalue weighted by molar-refractivity contribution is 7.89. The van der Waals surface area contributed by atoms with E-state index < -0.39 is 46.4 Å². The third-order valence-electron chi connectivity index (χ3n) is 4.06. The van der Waals surface area contributed by atoms with E-state index in [0.29, 0.717) is 0 Å². The average molecular weight is 436 g/mol. The molecule has 1 atom stereocenters. The minimum Gasteiger partial charge on any atom is -0.428 e. The van der Waals surface area contributed by atoms with Gasteiger partial charge < -0.3 is 4.74 Å². The summed E-state index contributed by atoms with van der Waals surface area (Å²) in [5.41, 5.74) is -3.60. The number of carbonyl (C=O) groups excluding carboxylic acids is 1. The van der Waals surface area contributed by atoms with Gasteiger partial charge in [0.15, 0.2) is 5.03 Å². The second-order valence-corrected chi connectivity index (χ2v) is 8.00. The average Bonchev–Trinajstić information content (AvgIpc) is 2.62. The van der Waals surface area contributed by atoms with Gasteiger partial charge in [0.05, 0.1) is 5.69 Å². The van der Waals surface area contributed by atoms with Crippen LogP contribution in [0.1, 0.15) is 12.0 Å². The summed E-state index contributed by atoms with van der Waals surface area (Å²) in [6.45, 7) is -0.669. The summed E-state index contributed by atoms with van der Waals surface area (Å²) in [4.78, 5) is 15.4. The Labute approximate surface area is 162 Å². The van der Waals surface area contributed by atoms with Crippen molar-refractivity contribution < 1.29 is 31.1 Å². The lowest BCUT2D eigenvalue weighted by Gasteiger charge is -2.39. The van der Waals surface area contributed by atoms with E-state index in [4.69, 9.17) is 11.6 Å². The Bertz CT molecular complexity index is 1000. The first-order chi connectivity index (χ1) is 13.1. The molecule has 150 valence electrons. The molecule has 0 fully saturated rings. The van der Waals surface area contributed by atoms with Crippen LogP contribution >= 0.6 is 11.6 Å². The van der Waals surface area contributed by atoms with Gasteiger partial charge >= 0.3 is 12.3 Å². The van der Waals surface area contributed by atoms with Gasteiger partial charge in [0.1, 0.15) is 0 Å². The molecule has 1 aromatic heterocycles. The van der Waals surface area contributed by atoms with Crippen LogP contribution in [0.15, 0.2) is 47.6 Å². The number of alkyl halides is 3. The topological polar surface area (TPSA) is 97.4 Å². The molecule has 1 amide bonds. The maximum atomic E-state index is 14.0. The standard InChI is InChI=1S/C16H13ClF3N3O4S/c17-10-4-5-12-11(9-10)15(16(18,19)20,27-14(24)23-12)6-8-22-28(25,26)13-3-1-2-7-21-13/h1-5,7,9,22H,6,8H2,(H,23,24). The van der Waals surface area contributed by atoms with Crippen LogP contribution in [0.3, 0.4) is 0 Å². The number of ether oxygens (including phenoxy) is 1. The molecule has 3 rings (SSSR count). The molecule has 28 heavy (non-hydrogen) atoms. The highest BCUT2D eigenvalue weighted by Gasteiger charge is 2.61. The van der Waals surface area contributed by atoms with Crippen molar-refractivity contribution >= 4 is 33.4 Å². The quantitative estimate of drug-likeness (QED) is 0.750. The molecule has 1 aliphatic heterocycles. The van der Waals surface area contributed by atoms with Gasteiger partial charge in [0, 0.05) is 29.7 Å². The molecular formula is C16H13ClF3N3O4S. The van der Waals surface area contributed by atoms with Gasteiger partial charge in [0.25, 0.3) is 10.0 Å². The lowest BCUT2D eigenvalue weighted by atomic mass is 9.87. The van der Waals surface area contributed by atoms with Crippen molar-refractivity contribution in [3.05, 3.63) is 53.2 Å². The van der Waals surface area contributed by atoms with Crippen LogP contribution in [0.4, 0.5) is 23.7 Å². The normalized spacial score (nSPS) is 19.5. The number of sulfonamides is 1. The van der Waals surface area contributed by atoms with Crippen molar-refractivity contribution in [2.45, 2.75) is 23.2 Å². The Morgan fingerprint density at radius 2 is 2.00 bits per heavy atom. The second-order valence-electron chi connectivity index (χ2n) is 5.84. The highest BCUT2D eigenvalue weighted by atomic mass is 35.5. The van der Waals surface area contributed by atoms with E-state index >= 15 is 0 Å². The Balaban J connectivity index is 1.93. The van der Waals surface area contributed by atoms with E-state index in [2.05, 4.69) is 15.0 Å². The summed E-state index contributed by atoms with van der Waals surface area (Å²) < 4.78 is 73.0. The van der Waals surface area contributed by atoms with Crippen LogP contribution in [-0.4, -0.2) is 32.2 Å². The fourth-order valence-corrected chi connectivity index (χ4v) is 3.94. The molecule has 1 aliphatic rings. The van der Waals surface area contributed by atoms with E-state index in [1.54, 1.807) is 0 Å². The molecule has 0 bridgehead atoms. The van der Waals surface area contributed by atoms with Crippen LogP contribution in [0.25, 0.3) is 0 Å². The van der Waals surface area contributed by atoms with Gasteiger partial charge in [-0.05, 0) is 30.3 Å². The summed E-state index contributed by atoms with van der Waals surface area (Å²) in [6.07, 6.45) is -6.00. The number of cyclic esters (lactones) is 1. The van der Waals surface area contributed by atoms with Crippen LogP contribution in [0.5, 0.6) is 0 Å². The van der Waals surface area contributed by atoms with Crippen molar-refractivity contribution in [1.29, 1.82) is 0 Å². The lowest BCUT2D eigenvalue weighted by Crippen LogP contribution is -2.51. The molecule has 2 N–H and O–H groups in total. The third-order valence-corrected chi connectivity index (χ3v) is 5.67. The van der Waals surface area contributed by atoms with Crippen LogP contribution < -0.4 is 10.0 Å². The second kappa shape index (κ2) is 7.22. The summed E-state index contributed by atoms with van der Waals surface area (Å²) >= 11 is 5.82. The van der Waals surface area contributed by atoms with E-state index in [1.165, 1.54) is 36.5 Å². The Morgan fingerprint density at radius 1 is 1.25 bits per heavy atom. The molecule has 2 heterocycles. The van der Waals surface area contributed by atoms with Gasteiger partial charge in [-0.2, -0.15) is 13.2 Å². The number of halogens is 4. The van der Waals surface area contributed by atoms with E-state index in [9.17, 15) is 26.4 Å². The number of amides is 1. The molecular weight excluding hydrogens is 423 g/mol. The Morgan fingerprint density at radius 3 is 2.64 bits per heavy atom. The van der Waals surface area contributed by atoms with Crippen molar-refractivity contribution in [1.82, 2.24) is 9.71 Å². The monoisotopic (exact) mass is 435 g/mol. The minimum atomic E-state index is -5.03. The zero-order valence-electron chi connectivity index (χ0n) is 14.0. The molecule has 2 aromatic rings. The maximum Gasteiger partial charge on any atom is 0.432 e. The van der Waals surface area contributed by atoms with Crippen molar-refractivity contribution in [3.63, 3.8) is 0 Å². The smallest absolute Gasteiger partial charge is 0.428 e. The largest absolute Gasteiger partial charge is 0.432 e. The predicted molar refractivity (Wildman–Crippen MR) is 93.3 cm³/mol. The number of aromatic nitrogens is 1. The number of benzene rings is 1. The summed E-state index contributed by atoms with van der Waals surface area (Å²) in [6, 6.07) is 7.67. The number of fused-ring (bicyclic) bond motifs is 1. The van der Waals surface area contributed by atoms with Crippen molar-refractivity contribution in [2.24, 2.45) is 0 Å². The number of pyridine rings is 1. The number of anilines is 1. The van der Waals surface area contributed by atoms with E-state index in [1.807, 2.05) is 4.72 Å². The molecule has 0 saturated heterocycles. The van der Waals surface area contributed by atoms with Crippen LogP contribution in [-0.2, 0) is 20.4 Å². The summed E-state index contributed by atoms with van der Waals surface area (Å²) in [7, 11) is -4.14. The van der Waals surface area contributed by atoms with Crippen molar-refractivity contribution in [3.8, 4) is 0 Å². The molecule has 0 radical (unpaired) electrons. The number of nitrogens with zero attached hydrogens (tertiary/aromatic N) is 1. The van der Waals surface area contributed by atoms with E-state index in [-0.39, 0.29) is 15.7 Å². The molecule has 0 spiro atoms. The lowest BCUT2D eigenvalue weighted by molar-refractivity contribution is -0.266. The fourth-order valence-electron chi connectivity index (χ4n) is 2.79. The first-order valence-electron chi connectivity index (χ1n) is 7.83. The number of rotatable bonds is 5. The Hall–Kier alpha value is -2.37. The zero-order chi connectivity index (χ0) is 20.6. The fraction of sp³-hybridized carbons (Fsp3) is 0.250. The first-order valence-corrected chi connectivity index (χ1v) is 9.69.